The molecule has 1 N–H and O–H groups in total. The Hall–Kier alpha value is -1.28. The summed E-state index contributed by atoms with van der Waals surface area (Å²) >= 11 is 0. The molecule has 0 spiro atoms. The normalized spacial score (nSPS) is 11.2. The van der Waals surface area contributed by atoms with Crippen LogP contribution in [-0.2, 0) is 13.0 Å². The van der Waals surface area contributed by atoms with Crippen LogP contribution >= 0.6 is 0 Å². The zero-order chi connectivity index (χ0) is 11.5. The van der Waals surface area contributed by atoms with E-state index >= 15 is 0 Å². The van der Waals surface area contributed by atoms with Crippen molar-refractivity contribution in [3.8, 4) is 0 Å². The minimum atomic E-state index is 0.820. The van der Waals surface area contributed by atoms with Crippen molar-refractivity contribution in [1.29, 1.82) is 0 Å². The van der Waals surface area contributed by atoms with Crippen LogP contribution in [0.2, 0.25) is 0 Å². The number of fused-ring (bicyclic) bond motifs is 1. The first kappa shape index (κ1) is 11.2. The Morgan fingerprint density at radius 1 is 1.25 bits per heavy atom. The highest BCUT2D eigenvalue weighted by molar-refractivity contribution is 5.84. The quantitative estimate of drug-likeness (QED) is 0.849. The Kier molecular flexibility index (Phi) is 3.30. The number of para-hydroxylation sites is 1. The Labute approximate surface area is 96.6 Å². The van der Waals surface area contributed by atoms with E-state index in [0.717, 1.165) is 30.9 Å². The van der Waals surface area contributed by atoms with E-state index in [0.29, 0.717) is 0 Å². The van der Waals surface area contributed by atoms with Gasteiger partial charge in [0.15, 0.2) is 0 Å². The van der Waals surface area contributed by atoms with Crippen LogP contribution in [0.3, 0.4) is 0 Å². The van der Waals surface area contributed by atoms with Crippen LogP contribution in [0.4, 0.5) is 0 Å². The van der Waals surface area contributed by atoms with Gasteiger partial charge in [-0.05, 0) is 31.0 Å². The van der Waals surface area contributed by atoms with Gasteiger partial charge in [-0.3, -0.25) is 0 Å². The van der Waals surface area contributed by atoms with Crippen molar-refractivity contribution >= 4 is 11.0 Å². The van der Waals surface area contributed by atoms with Crippen LogP contribution < -0.4 is 5.32 Å². The molecule has 0 radical (unpaired) electrons. The van der Waals surface area contributed by atoms with Gasteiger partial charge in [-0.25, -0.2) is 0 Å². The predicted octanol–water partition coefficient (Wildman–Crippen LogP) is 3.41. The zero-order valence-corrected chi connectivity index (χ0v) is 10.3. The number of aryl methyl sites for hydroxylation is 2. The van der Waals surface area contributed by atoms with Gasteiger partial charge in [0.25, 0.3) is 0 Å². The Balaban J connectivity index is 2.49. The molecule has 0 aliphatic heterocycles. The van der Waals surface area contributed by atoms with Crippen LogP contribution in [-0.4, -0.2) is 6.54 Å². The lowest BCUT2D eigenvalue weighted by molar-refractivity contribution is 0.514. The molecular formula is C14H19NO. The molecule has 16 heavy (non-hydrogen) atoms. The van der Waals surface area contributed by atoms with Crippen molar-refractivity contribution in [3.05, 3.63) is 35.1 Å². The molecular weight excluding hydrogens is 198 g/mol. The van der Waals surface area contributed by atoms with Crippen LogP contribution in [0.1, 0.15) is 30.7 Å². The maximum absolute atomic E-state index is 5.96. The summed E-state index contributed by atoms with van der Waals surface area (Å²) in [6, 6.07) is 6.39. The van der Waals surface area contributed by atoms with Crippen LogP contribution in [0.25, 0.3) is 11.0 Å². The number of nitrogens with one attached hydrogen (secondary N) is 1. The fraction of sp³-hybridized carbons (Fsp3) is 0.429. The molecule has 0 aliphatic carbocycles. The zero-order valence-electron chi connectivity index (χ0n) is 10.3. The average molecular weight is 217 g/mol. The molecule has 0 aliphatic rings. The van der Waals surface area contributed by atoms with Crippen molar-refractivity contribution in [1.82, 2.24) is 5.32 Å². The first-order valence-corrected chi connectivity index (χ1v) is 5.98. The highest BCUT2D eigenvalue weighted by atomic mass is 16.3. The van der Waals surface area contributed by atoms with Crippen molar-refractivity contribution in [2.45, 2.75) is 33.7 Å². The Morgan fingerprint density at radius 2 is 2.06 bits per heavy atom. The van der Waals surface area contributed by atoms with E-state index in [1.807, 2.05) is 0 Å². The summed E-state index contributed by atoms with van der Waals surface area (Å²) < 4.78 is 5.96. The SMILES string of the molecule is CCNCc1oc2c(CC)cccc2c1C. The summed E-state index contributed by atoms with van der Waals surface area (Å²) in [5.41, 5.74) is 3.63. The van der Waals surface area contributed by atoms with Gasteiger partial charge in [0.1, 0.15) is 11.3 Å². The number of hydrogen-bond donors (Lipinski definition) is 1. The molecule has 0 amide bonds. The predicted molar refractivity (Wildman–Crippen MR) is 67.7 cm³/mol. The molecule has 0 unspecified atom stereocenters. The number of benzene rings is 1. The summed E-state index contributed by atoms with van der Waals surface area (Å²) in [6.45, 7) is 8.20. The summed E-state index contributed by atoms with van der Waals surface area (Å²) in [7, 11) is 0. The summed E-state index contributed by atoms with van der Waals surface area (Å²) in [4.78, 5) is 0. The topological polar surface area (TPSA) is 25.2 Å². The average Bonchev–Trinajstić information content (AvgIpc) is 2.64. The van der Waals surface area contributed by atoms with E-state index < -0.39 is 0 Å². The molecule has 1 heterocycles. The first-order valence-electron chi connectivity index (χ1n) is 5.98. The van der Waals surface area contributed by atoms with E-state index in [4.69, 9.17) is 4.42 Å². The molecule has 0 bridgehead atoms. The lowest BCUT2D eigenvalue weighted by Crippen LogP contribution is -2.11. The molecule has 0 atom stereocenters. The van der Waals surface area contributed by atoms with Gasteiger partial charge in [-0.15, -0.1) is 0 Å². The molecule has 2 nitrogen and oxygen atoms in total. The van der Waals surface area contributed by atoms with Gasteiger partial charge in [-0.2, -0.15) is 0 Å². The molecule has 1 aromatic heterocycles. The first-order chi connectivity index (χ1) is 7.77. The van der Waals surface area contributed by atoms with Crippen LogP contribution in [0.5, 0.6) is 0 Å². The largest absolute Gasteiger partial charge is 0.459 e. The molecule has 0 saturated heterocycles. The van der Waals surface area contributed by atoms with E-state index in [1.165, 1.54) is 16.5 Å². The van der Waals surface area contributed by atoms with E-state index in [2.05, 4.69) is 44.3 Å². The van der Waals surface area contributed by atoms with Crippen molar-refractivity contribution in [2.75, 3.05) is 6.54 Å². The van der Waals surface area contributed by atoms with Gasteiger partial charge < -0.3 is 9.73 Å². The minimum absolute atomic E-state index is 0.820. The number of rotatable bonds is 4. The molecule has 2 rings (SSSR count). The smallest absolute Gasteiger partial charge is 0.137 e. The Morgan fingerprint density at radius 3 is 2.75 bits per heavy atom. The van der Waals surface area contributed by atoms with E-state index in [9.17, 15) is 0 Å². The maximum atomic E-state index is 5.96. The second-order valence-corrected chi connectivity index (χ2v) is 4.08. The summed E-state index contributed by atoms with van der Waals surface area (Å²) in [5, 5.41) is 4.57. The van der Waals surface area contributed by atoms with Gasteiger partial charge in [0.2, 0.25) is 0 Å². The lowest BCUT2D eigenvalue weighted by Gasteiger charge is -1.98. The van der Waals surface area contributed by atoms with Gasteiger partial charge in [0, 0.05) is 5.39 Å². The van der Waals surface area contributed by atoms with Gasteiger partial charge >= 0.3 is 0 Å². The second kappa shape index (κ2) is 4.71. The van der Waals surface area contributed by atoms with Crippen molar-refractivity contribution < 1.29 is 4.42 Å². The highest BCUT2D eigenvalue weighted by Gasteiger charge is 2.11. The molecule has 86 valence electrons. The fourth-order valence-electron chi connectivity index (χ4n) is 2.04. The Bertz CT molecular complexity index is 485. The third kappa shape index (κ3) is 1.85. The molecule has 2 heteroatoms. The maximum Gasteiger partial charge on any atom is 0.137 e. The highest BCUT2D eigenvalue weighted by Crippen LogP contribution is 2.28. The summed E-state index contributed by atoms with van der Waals surface area (Å²) in [5.74, 6) is 1.07. The number of hydrogen-bond acceptors (Lipinski definition) is 2. The summed E-state index contributed by atoms with van der Waals surface area (Å²) in [6.07, 6.45) is 1.02. The molecule has 0 fully saturated rings. The van der Waals surface area contributed by atoms with E-state index in [1.54, 1.807) is 0 Å². The molecule has 0 saturated carbocycles. The van der Waals surface area contributed by atoms with Crippen LogP contribution in [0.15, 0.2) is 22.6 Å². The fourth-order valence-corrected chi connectivity index (χ4v) is 2.04. The minimum Gasteiger partial charge on any atom is -0.459 e. The molecule has 1 aromatic carbocycles. The van der Waals surface area contributed by atoms with Crippen molar-refractivity contribution in [2.24, 2.45) is 0 Å². The lowest BCUT2D eigenvalue weighted by atomic mass is 10.1. The van der Waals surface area contributed by atoms with Gasteiger partial charge in [-0.1, -0.05) is 32.0 Å². The van der Waals surface area contributed by atoms with Crippen LogP contribution in [0, 0.1) is 6.92 Å². The third-order valence-corrected chi connectivity index (χ3v) is 3.06. The number of furan rings is 1. The van der Waals surface area contributed by atoms with Crippen molar-refractivity contribution in [3.63, 3.8) is 0 Å². The standard InChI is InChI=1S/C14H19NO/c1-4-11-7-6-8-12-10(3)13(9-15-5-2)16-14(11)12/h6-8,15H,4-5,9H2,1-3H3. The molecule has 2 aromatic rings. The van der Waals surface area contributed by atoms with Gasteiger partial charge in [0.05, 0.1) is 6.54 Å². The third-order valence-electron chi connectivity index (χ3n) is 3.06. The van der Waals surface area contributed by atoms with E-state index in [-0.39, 0.29) is 0 Å². The second-order valence-electron chi connectivity index (χ2n) is 4.08. The monoisotopic (exact) mass is 217 g/mol.